The summed E-state index contributed by atoms with van der Waals surface area (Å²) in [7, 11) is 0. The molecule has 2 nitrogen and oxygen atoms in total. The first-order valence-corrected chi connectivity index (χ1v) is 10.4. The average Bonchev–Trinajstić information content (AvgIpc) is 3.06. The number of fused-ring (bicyclic) bond motifs is 1. The van der Waals surface area contributed by atoms with Gasteiger partial charge in [-0.05, 0) is 18.6 Å². The van der Waals surface area contributed by atoms with Crippen LogP contribution in [-0.2, 0) is 0 Å². The van der Waals surface area contributed by atoms with Crippen LogP contribution in [0.2, 0.25) is 0 Å². The van der Waals surface area contributed by atoms with Gasteiger partial charge in [0.2, 0.25) is 0 Å². The number of benzene rings is 1. The van der Waals surface area contributed by atoms with E-state index in [0.717, 1.165) is 12.1 Å². The summed E-state index contributed by atoms with van der Waals surface area (Å²) < 4.78 is 4.15. The second-order valence-corrected chi connectivity index (χ2v) is 7.11. The van der Waals surface area contributed by atoms with E-state index < -0.39 is 0 Å². The molecule has 130 valence electrons. The molecule has 0 unspecified atom stereocenters. The normalized spacial score (nSPS) is 10.5. The van der Waals surface area contributed by atoms with Crippen molar-refractivity contribution in [2.45, 2.75) is 71.1 Å². The number of thiol groups is 1. The van der Waals surface area contributed by atoms with Crippen molar-refractivity contribution in [1.29, 1.82) is 0 Å². The molecular weight excluding hydrogens is 320 g/mol. The second-order valence-electron chi connectivity index (χ2n) is 5.91. The summed E-state index contributed by atoms with van der Waals surface area (Å²) in [5.74, 6) is 0. The van der Waals surface area contributed by atoms with Gasteiger partial charge in [-0.3, -0.25) is 4.72 Å². The zero-order valence-electron chi connectivity index (χ0n) is 14.5. The third kappa shape index (κ3) is 10.7. The van der Waals surface area contributed by atoms with Crippen LogP contribution in [0, 0.1) is 0 Å². The van der Waals surface area contributed by atoms with E-state index in [2.05, 4.69) is 35.5 Å². The van der Waals surface area contributed by atoms with E-state index in [0.29, 0.717) is 0 Å². The molecule has 0 aliphatic carbocycles. The fourth-order valence-electron chi connectivity index (χ4n) is 2.49. The van der Waals surface area contributed by atoms with Gasteiger partial charge in [-0.1, -0.05) is 89.7 Å². The largest absolute Gasteiger partial charge is 0.267 e. The van der Waals surface area contributed by atoms with Crippen molar-refractivity contribution < 1.29 is 0 Å². The third-order valence-corrected chi connectivity index (χ3v) is 4.91. The molecule has 1 heterocycles. The van der Waals surface area contributed by atoms with E-state index in [-0.39, 0.29) is 0 Å². The number of aromatic nitrogens is 1. The highest BCUT2D eigenvalue weighted by atomic mass is 32.1. The lowest BCUT2D eigenvalue weighted by Gasteiger charge is -2.01. The minimum atomic E-state index is 1.06. The van der Waals surface area contributed by atoms with Crippen LogP contribution in [0.5, 0.6) is 0 Å². The first kappa shape index (κ1) is 20.5. The molecule has 0 bridgehead atoms. The van der Waals surface area contributed by atoms with Crippen molar-refractivity contribution >= 4 is 34.4 Å². The Hall–Kier alpha value is -0.580. The van der Waals surface area contributed by atoms with Crippen LogP contribution in [0.25, 0.3) is 10.2 Å². The summed E-state index contributed by atoms with van der Waals surface area (Å²) >= 11 is 5.64. The standard InChI is InChI=1S/C12H27NS.C7H5NS/c1-2-3-4-5-6-7-8-9-10-11-12-13-14;1-2-4-7-6(3-1)8-5-9-7/h13-14H,2-12H2,1H3;1-5H. The van der Waals surface area contributed by atoms with Gasteiger partial charge in [0.05, 0.1) is 15.7 Å². The van der Waals surface area contributed by atoms with Crippen molar-refractivity contribution in [3.05, 3.63) is 29.8 Å². The summed E-state index contributed by atoms with van der Waals surface area (Å²) in [4.78, 5) is 4.14. The summed E-state index contributed by atoms with van der Waals surface area (Å²) in [6.07, 6.45) is 14.0. The van der Waals surface area contributed by atoms with Gasteiger partial charge in [0.1, 0.15) is 0 Å². The van der Waals surface area contributed by atoms with Crippen LogP contribution >= 0.6 is 24.2 Å². The Kier molecular flexibility index (Phi) is 13.3. The Balaban J connectivity index is 0.000000248. The van der Waals surface area contributed by atoms with Crippen LogP contribution < -0.4 is 4.72 Å². The van der Waals surface area contributed by atoms with Crippen LogP contribution in [-0.4, -0.2) is 11.5 Å². The number of nitrogens with one attached hydrogen (secondary N) is 1. The number of nitrogens with zero attached hydrogens (tertiary/aromatic N) is 1. The number of hydrogen-bond acceptors (Lipinski definition) is 4. The Morgan fingerprint density at radius 1 is 0.913 bits per heavy atom. The van der Waals surface area contributed by atoms with Crippen molar-refractivity contribution in [3.8, 4) is 0 Å². The second kappa shape index (κ2) is 15.0. The Labute approximate surface area is 151 Å². The number of thiazole rings is 1. The SMILES string of the molecule is CCCCCCCCCCCCNS.c1ccc2scnc2c1. The number of para-hydroxylation sites is 1. The van der Waals surface area contributed by atoms with Gasteiger partial charge >= 0.3 is 0 Å². The minimum Gasteiger partial charge on any atom is -0.267 e. The first-order chi connectivity index (χ1) is 11.4. The Morgan fingerprint density at radius 2 is 1.52 bits per heavy atom. The maximum absolute atomic E-state index is 4.14. The van der Waals surface area contributed by atoms with Gasteiger partial charge in [-0.15, -0.1) is 11.3 Å². The molecule has 1 aromatic heterocycles. The highest BCUT2D eigenvalue weighted by Crippen LogP contribution is 2.15. The van der Waals surface area contributed by atoms with Crippen LogP contribution in [0.4, 0.5) is 0 Å². The van der Waals surface area contributed by atoms with E-state index in [1.165, 1.54) is 68.9 Å². The summed E-state index contributed by atoms with van der Waals surface area (Å²) in [6.45, 7) is 3.33. The molecule has 0 saturated heterocycles. The van der Waals surface area contributed by atoms with Gasteiger partial charge in [-0.2, -0.15) is 0 Å². The van der Waals surface area contributed by atoms with Gasteiger partial charge in [0.15, 0.2) is 0 Å². The van der Waals surface area contributed by atoms with Crippen molar-refractivity contribution in [2.24, 2.45) is 0 Å². The molecule has 0 amide bonds. The van der Waals surface area contributed by atoms with E-state index in [1.54, 1.807) is 11.3 Å². The molecule has 0 spiro atoms. The summed E-state index contributed by atoms with van der Waals surface area (Å²) in [5, 5.41) is 0. The zero-order valence-corrected chi connectivity index (χ0v) is 16.2. The lowest BCUT2D eigenvalue weighted by Crippen LogP contribution is -1.99. The summed E-state index contributed by atoms with van der Waals surface area (Å²) in [6, 6.07) is 8.13. The maximum atomic E-state index is 4.14. The predicted octanol–water partition coefficient (Wildman–Crippen LogP) is 6.64. The van der Waals surface area contributed by atoms with Gasteiger partial charge in [-0.25, -0.2) is 4.98 Å². The van der Waals surface area contributed by atoms with E-state index in [4.69, 9.17) is 0 Å². The lowest BCUT2D eigenvalue weighted by molar-refractivity contribution is 0.556. The van der Waals surface area contributed by atoms with Crippen molar-refractivity contribution in [2.75, 3.05) is 6.54 Å². The molecule has 0 radical (unpaired) electrons. The van der Waals surface area contributed by atoms with Gasteiger partial charge < -0.3 is 0 Å². The molecule has 4 heteroatoms. The molecular formula is C19H32N2S2. The van der Waals surface area contributed by atoms with Crippen LogP contribution in [0.1, 0.15) is 71.1 Å². The molecule has 0 aliphatic heterocycles. The molecule has 1 N–H and O–H groups in total. The summed E-state index contributed by atoms with van der Waals surface area (Å²) in [5.41, 5.74) is 2.97. The molecule has 0 saturated carbocycles. The number of hydrogen-bond donors (Lipinski definition) is 2. The molecule has 0 atom stereocenters. The lowest BCUT2D eigenvalue weighted by atomic mass is 10.1. The quantitative estimate of drug-likeness (QED) is 0.350. The predicted molar refractivity (Wildman–Crippen MR) is 108 cm³/mol. The first-order valence-electron chi connectivity index (χ1n) is 9.03. The van der Waals surface area contributed by atoms with Crippen molar-refractivity contribution in [1.82, 2.24) is 9.71 Å². The molecule has 2 rings (SSSR count). The van der Waals surface area contributed by atoms with Crippen LogP contribution in [0.3, 0.4) is 0 Å². The van der Waals surface area contributed by atoms with Gasteiger partial charge in [0.25, 0.3) is 0 Å². The topological polar surface area (TPSA) is 24.9 Å². The Bertz CT molecular complexity index is 443. The zero-order chi connectivity index (χ0) is 16.6. The Morgan fingerprint density at radius 3 is 2.13 bits per heavy atom. The molecule has 1 aromatic carbocycles. The number of unbranched alkanes of at least 4 members (excludes halogenated alkanes) is 9. The van der Waals surface area contributed by atoms with Gasteiger partial charge in [0, 0.05) is 6.54 Å². The highest BCUT2D eigenvalue weighted by molar-refractivity contribution is 7.78. The van der Waals surface area contributed by atoms with Crippen LogP contribution in [0.15, 0.2) is 29.8 Å². The minimum absolute atomic E-state index is 1.06. The van der Waals surface area contributed by atoms with E-state index in [1.807, 2.05) is 23.7 Å². The average molecular weight is 353 g/mol. The molecule has 2 aromatic rings. The fourth-order valence-corrected chi connectivity index (χ4v) is 3.33. The number of rotatable bonds is 11. The molecule has 0 fully saturated rings. The fraction of sp³-hybridized carbons (Fsp3) is 0.632. The monoisotopic (exact) mass is 352 g/mol. The van der Waals surface area contributed by atoms with E-state index >= 15 is 0 Å². The smallest absolute Gasteiger partial charge is 0.0812 e. The van der Waals surface area contributed by atoms with E-state index in [9.17, 15) is 0 Å². The highest BCUT2D eigenvalue weighted by Gasteiger charge is 1.92. The molecule has 23 heavy (non-hydrogen) atoms. The maximum Gasteiger partial charge on any atom is 0.0812 e. The third-order valence-electron chi connectivity index (χ3n) is 3.88. The molecule has 0 aliphatic rings. The van der Waals surface area contributed by atoms with Crippen molar-refractivity contribution in [3.63, 3.8) is 0 Å².